The molecule has 6 nitrogen and oxygen atoms in total. The fraction of sp³-hybridized carbons (Fsp3) is 0.806. The van der Waals surface area contributed by atoms with E-state index in [2.05, 4.69) is 6.92 Å². The van der Waals surface area contributed by atoms with Gasteiger partial charge in [-0.2, -0.15) is 0 Å². The van der Waals surface area contributed by atoms with E-state index >= 15 is 0 Å². The second kappa shape index (κ2) is 21.9. The lowest BCUT2D eigenvalue weighted by molar-refractivity contribution is -0.870. The maximum Gasteiger partial charge on any atom is 0.472 e. The minimum Gasteiger partial charge on any atom is -0.494 e. The van der Waals surface area contributed by atoms with Gasteiger partial charge in [0.25, 0.3) is 0 Å². The first-order valence-electron chi connectivity index (χ1n) is 15.4. The van der Waals surface area contributed by atoms with Crippen LogP contribution in [0, 0.1) is 0 Å². The molecule has 222 valence electrons. The van der Waals surface area contributed by atoms with E-state index in [9.17, 15) is 9.46 Å². The Balaban J connectivity index is 1.99. The minimum atomic E-state index is -4.02. The number of quaternary nitrogens is 1. The number of ether oxygens (including phenoxy) is 1. The van der Waals surface area contributed by atoms with Crippen LogP contribution >= 0.6 is 7.82 Å². The number of phosphoric acid groups is 1. The molecule has 0 saturated heterocycles. The number of hydrogen-bond donors (Lipinski definition) is 1. The monoisotopic (exact) mass is 556 g/mol. The van der Waals surface area contributed by atoms with Gasteiger partial charge in [0.2, 0.25) is 0 Å². The van der Waals surface area contributed by atoms with Crippen LogP contribution in [0.25, 0.3) is 0 Å². The average molecular weight is 557 g/mol. The van der Waals surface area contributed by atoms with Crippen LogP contribution in [0.3, 0.4) is 0 Å². The summed E-state index contributed by atoms with van der Waals surface area (Å²) in [4.78, 5) is 9.84. The summed E-state index contributed by atoms with van der Waals surface area (Å²) >= 11 is 0. The van der Waals surface area contributed by atoms with Crippen molar-refractivity contribution in [1.82, 2.24) is 0 Å². The Morgan fingerprint density at radius 3 is 1.74 bits per heavy atom. The van der Waals surface area contributed by atoms with Crippen LogP contribution in [0.15, 0.2) is 24.3 Å². The van der Waals surface area contributed by atoms with Crippen molar-refractivity contribution >= 4 is 7.82 Å². The summed E-state index contributed by atoms with van der Waals surface area (Å²) in [5.74, 6) is 0.842. The summed E-state index contributed by atoms with van der Waals surface area (Å²) in [6.45, 7) is 3.95. The number of benzene rings is 1. The summed E-state index contributed by atoms with van der Waals surface area (Å²) in [5, 5.41) is 0. The molecule has 0 radical (unpaired) electrons. The summed E-state index contributed by atoms with van der Waals surface area (Å²) in [7, 11) is 1.99. The second-order valence-electron chi connectivity index (χ2n) is 11.7. The van der Waals surface area contributed by atoms with Crippen molar-refractivity contribution in [1.29, 1.82) is 0 Å². The van der Waals surface area contributed by atoms with Gasteiger partial charge >= 0.3 is 7.82 Å². The van der Waals surface area contributed by atoms with Crippen LogP contribution in [-0.2, 0) is 20.0 Å². The first-order valence-corrected chi connectivity index (χ1v) is 16.9. The van der Waals surface area contributed by atoms with Crippen molar-refractivity contribution in [3.8, 4) is 5.75 Å². The normalized spacial score (nSPS) is 13.5. The van der Waals surface area contributed by atoms with E-state index < -0.39 is 7.82 Å². The van der Waals surface area contributed by atoms with E-state index in [0.29, 0.717) is 17.4 Å². The summed E-state index contributed by atoms with van der Waals surface area (Å²) in [5.41, 5.74) is 1.01. The zero-order valence-electron chi connectivity index (χ0n) is 25.1. The topological polar surface area (TPSA) is 65.0 Å². The number of likely N-dealkylation sites (N-methyl/N-ethyl adjacent to an activating group) is 1. The van der Waals surface area contributed by atoms with E-state index in [1.165, 1.54) is 96.3 Å². The highest BCUT2D eigenvalue weighted by molar-refractivity contribution is 7.47. The van der Waals surface area contributed by atoms with Crippen molar-refractivity contribution < 1.29 is 27.7 Å². The molecule has 0 aliphatic heterocycles. The summed E-state index contributed by atoms with van der Waals surface area (Å²) in [6.07, 6.45) is 22.3. The van der Waals surface area contributed by atoms with E-state index in [1.807, 2.05) is 45.4 Å². The molecule has 1 atom stereocenters. The number of phosphoric ester groups is 1. The van der Waals surface area contributed by atoms with Crippen LogP contribution in [0.2, 0.25) is 0 Å². The minimum absolute atomic E-state index is 0.126. The van der Waals surface area contributed by atoms with E-state index in [4.69, 9.17) is 13.8 Å². The SMILES string of the molecule is CCCCCCCCCCCCCCCCCCOc1cccc(CCOP(=O)(O)OCC[N+](C)(C)C)c1. The summed E-state index contributed by atoms with van der Waals surface area (Å²) in [6, 6.07) is 7.87. The van der Waals surface area contributed by atoms with Gasteiger partial charge < -0.3 is 14.1 Å². The van der Waals surface area contributed by atoms with Crippen molar-refractivity contribution in [3.63, 3.8) is 0 Å². The molecular formula is C31H59NO5P+. The highest BCUT2D eigenvalue weighted by Crippen LogP contribution is 2.43. The molecule has 1 rings (SSSR count). The number of unbranched alkanes of at least 4 members (excludes halogenated alkanes) is 15. The van der Waals surface area contributed by atoms with Crippen molar-refractivity contribution in [2.75, 3.05) is 47.5 Å². The van der Waals surface area contributed by atoms with Gasteiger partial charge in [0.05, 0.1) is 34.4 Å². The van der Waals surface area contributed by atoms with Gasteiger partial charge in [-0.05, 0) is 30.5 Å². The fourth-order valence-corrected chi connectivity index (χ4v) is 5.09. The van der Waals surface area contributed by atoms with Crippen LogP contribution in [0.5, 0.6) is 5.75 Å². The van der Waals surface area contributed by atoms with Gasteiger partial charge in [-0.25, -0.2) is 4.57 Å². The third-order valence-electron chi connectivity index (χ3n) is 6.83. The molecule has 0 aliphatic carbocycles. The zero-order valence-corrected chi connectivity index (χ0v) is 26.0. The average Bonchev–Trinajstić information content (AvgIpc) is 2.85. The molecule has 0 aromatic heterocycles. The Bertz CT molecular complexity index is 737. The smallest absolute Gasteiger partial charge is 0.472 e. The largest absolute Gasteiger partial charge is 0.494 e. The lowest BCUT2D eigenvalue weighted by Gasteiger charge is -2.24. The fourth-order valence-electron chi connectivity index (χ4n) is 4.38. The van der Waals surface area contributed by atoms with Crippen LogP contribution in [-0.4, -0.2) is 56.9 Å². The molecule has 1 aromatic carbocycles. The molecular weight excluding hydrogens is 497 g/mol. The van der Waals surface area contributed by atoms with Gasteiger partial charge in [0, 0.05) is 0 Å². The van der Waals surface area contributed by atoms with Crippen molar-refractivity contribution in [3.05, 3.63) is 29.8 Å². The van der Waals surface area contributed by atoms with Crippen molar-refractivity contribution in [2.24, 2.45) is 0 Å². The zero-order chi connectivity index (χ0) is 28.0. The molecule has 0 bridgehead atoms. The number of rotatable bonds is 26. The van der Waals surface area contributed by atoms with Crippen LogP contribution in [0.4, 0.5) is 0 Å². The molecule has 0 amide bonds. The van der Waals surface area contributed by atoms with Crippen molar-refractivity contribution in [2.45, 2.75) is 116 Å². The Kier molecular flexibility index (Phi) is 20.2. The quantitative estimate of drug-likeness (QED) is 0.0702. The molecule has 38 heavy (non-hydrogen) atoms. The molecule has 0 saturated carbocycles. The second-order valence-corrected chi connectivity index (χ2v) is 13.2. The standard InChI is InChI=1S/C31H58NO5P/c1-5-6-7-8-9-10-11-12-13-14-15-16-17-18-19-20-26-35-31-23-21-22-30(29-31)24-27-36-38(33,34)37-28-25-32(2,3)4/h21-23,29H,5-20,24-28H2,1-4H3/p+1. The lowest BCUT2D eigenvalue weighted by atomic mass is 10.0. The third kappa shape index (κ3) is 22.0. The molecule has 0 aliphatic rings. The van der Waals surface area contributed by atoms with Gasteiger partial charge in [-0.15, -0.1) is 0 Å². The Morgan fingerprint density at radius 1 is 0.711 bits per heavy atom. The molecule has 1 unspecified atom stereocenters. The van der Waals surface area contributed by atoms with E-state index in [0.717, 1.165) is 24.3 Å². The predicted molar refractivity (Wildman–Crippen MR) is 160 cm³/mol. The van der Waals surface area contributed by atoms with Crippen LogP contribution < -0.4 is 4.74 Å². The molecule has 0 heterocycles. The Hall–Kier alpha value is -0.910. The van der Waals surface area contributed by atoms with E-state index in [-0.39, 0.29) is 13.2 Å². The van der Waals surface area contributed by atoms with E-state index in [1.54, 1.807) is 0 Å². The van der Waals surface area contributed by atoms with Gasteiger partial charge in [0.15, 0.2) is 0 Å². The molecule has 7 heteroatoms. The van der Waals surface area contributed by atoms with Gasteiger partial charge in [-0.1, -0.05) is 115 Å². The number of hydrogen-bond acceptors (Lipinski definition) is 4. The first-order chi connectivity index (χ1) is 18.2. The first kappa shape index (κ1) is 35.1. The highest BCUT2D eigenvalue weighted by Gasteiger charge is 2.22. The Labute approximate surface area is 234 Å². The third-order valence-corrected chi connectivity index (χ3v) is 7.84. The lowest BCUT2D eigenvalue weighted by Crippen LogP contribution is -2.37. The Morgan fingerprint density at radius 2 is 1.21 bits per heavy atom. The molecule has 0 fully saturated rings. The van der Waals surface area contributed by atoms with Gasteiger partial charge in [-0.3, -0.25) is 9.05 Å². The number of nitrogens with zero attached hydrogens (tertiary/aromatic N) is 1. The predicted octanol–water partition coefficient (Wildman–Crippen LogP) is 8.71. The van der Waals surface area contributed by atoms with Crippen LogP contribution in [0.1, 0.15) is 115 Å². The molecule has 1 aromatic rings. The maximum absolute atomic E-state index is 12.0. The molecule has 1 N–H and O–H groups in total. The highest BCUT2D eigenvalue weighted by atomic mass is 31.2. The maximum atomic E-state index is 12.0. The molecule has 0 spiro atoms. The summed E-state index contributed by atoms with van der Waals surface area (Å²) < 4.78 is 28.8. The van der Waals surface area contributed by atoms with Gasteiger partial charge in [0.1, 0.15) is 18.9 Å².